The second-order valence-corrected chi connectivity index (χ2v) is 3.75. The third-order valence-corrected chi connectivity index (χ3v) is 2.26. The molecule has 0 aromatic rings. The van der Waals surface area contributed by atoms with Gasteiger partial charge < -0.3 is 0 Å². The summed E-state index contributed by atoms with van der Waals surface area (Å²) in [6.07, 6.45) is 1.37. The highest BCUT2D eigenvalue weighted by atomic mass is 35.5. The minimum absolute atomic E-state index is 0.00154. The fraction of sp³-hybridized carbons (Fsp3) is 0.500. The van der Waals surface area contributed by atoms with Gasteiger partial charge >= 0.3 is 0 Å². The van der Waals surface area contributed by atoms with Gasteiger partial charge in [0.1, 0.15) is 10.6 Å². The smallest absolute Gasteiger partial charge is 0.145 e. The molecule has 0 spiro atoms. The summed E-state index contributed by atoms with van der Waals surface area (Å²) >= 11 is 11.3. The molecule has 0 aliphatic heterocycles. The summed E-state index contributed by atoms with van der Waals surface area (Å²) in [6, 6.07) is 0. The van der Waals surface area contributed by atoms with Gasteiger partial charge in [0.25, 0.3) is 0 Å². The third-order valence-electron chi connectivity index (χ3n) is 1.42. The van der Waals surface area contributed by atoms with Crippen molar-refractivity contribution in [2.75, 3.05) is 0 Å². The molecule has 3 heteroatoms. The Morgan fingerprint density at radius 1 is 1.78 bits per heavy atom. The van der Waals surface area contributed by atoms with E-state index in [1.807, 2.05) is 0 Å². The van der Waals surface area contributed by atoms with E-state index in [0.29, 0.717) is 18.3 Å². The van der Waals surface area contributed by atoms with Crippen LogP contribution in [0.15, 0.2) is 12.2 Å². The van der Waals surface area contributed by atoms with Crippen molar-refractivity contribution in [1.29, 1.82) is 0 Å². The number of hydrogen-bond acceptors (Lipinski definition) is 1. The number of carbonyl (C=O) groups is 1. The van der Waals surface area contributed by atoms with E-state index in [9.17, 15) is 4.79 Å². The van der Waals surface area contributed by atoms with Crippen molar-refractivity contribution in [1.82, 2.24) is 0 Å². The Kier molecular flexibility index (Phi) is 1.57. The van der Waals surface area contributed by atoms with E-state index in [1.54, 1.807) is 0 Å². The molecule has 1 fully saturated rings. The summed E-state index contributed by atoms with van der Waals surface area (Å²) in [4.78, 5) is 10.1. The normalized spacial score (nSPS) is 29.3. The van der Waals surface area contributed by atoms with E-state index in [0.717, 1.165) is 0 Å². The molecule has 9 heavy (non-hydrogen) atoms. The first-order valence-electron chi connectivity index (χ1n) is 2.60. The summed E-state index contributed by atoms with van der Waals surface area (Å²) in [5, 5.41) is 0. The molecule has 0 aromatic heterocycles. The van der Waals surface area contributed by atoms with E-state index >= 15 is 0 Å². The SMILES string of the molecule is C=C(C=O)C1CC1(Cl)Cl. The van der Waals surface area contributed by atoms with Crippen molar-refractivity contribution in [3.8, 4) is 0 Å². The van der Waals surface area contributed by atoms with Gasteiger partial charge in [0.05, 0.1) is 0 Å². The Labute approximate surface area is 63.6 Å². The first-order chi connectivity index (χ1) is 4.08. The van der Waals surface area contributed by atoms with Gasteiger partial charge in [-0.25, -0.2) is 0 Å². The highest BCUT2D eigenvalue weighted by Gasteiger charge is 2.52. The Morgan fingerprint density at radius 3 is 2.33 bits per heavy atom. The first kappa shape index (κ1) is 7.10. The highest BCUT2D eigenvalue weighted by Crippen LogP contribution is 2.55. The highest BCUT2D eigenvalue weighted by molar-refractivity contribution is 6.51. The van der Waals surface area contributed by atoms with Crippen LogP contribution in [0.5, 0.6) is 0 Å². The molecular formula is C6H6Cl2O. The second kappa shape index (κ2) is 1.99. The molecule has 1 aliphatic carbocycles. The fourth-order valence-electron chi connectivity index (χ4n) is 0.698. The van der Waals surface area contributed by atoms with Gasteiger partial charge in [-0.3, -0.25) is 4.79 Å². The minimum Gasteiger partial charge on any atom is -0.298 e. The maximum Gasteiger partial charge on any atom is 0.145 e. The number of aldehydes is 1. The topological polar surface area (TPSA) is 17.1 Å². The molecule has 0 heterocycles. The molecule has 1 aliphatic rings. The number of hydrogen-bond donors (Lipinski definition) is 0. The second-order valence-electron chi connectivity index (χ2n) is 2.21. The van der Waals surface area contributed by atoms with Gasteiger partial charge in [0, 0.05) is 5.92 Å². The number of rotatable bonds is 2. The molecule has 50 valence electrons. The van der Waals surface area contributed by atoms with Crippen molar-refractivity contribution < 1.29 is 4.79 Å². The van der Waals surface area contributed by atoms with E-state index in [4.69, 9.17) is 23.2 Å². The standard InChI is InChI=1S/C6H6Cl2O/c1-4(3-9)5-2-6(5,7)8/h3,5H,1-2H2. The predicted octanol–water partition coefficient (Wildman–Crippen LogP) is 1.94. The fourth-order valence-corrected chi connectivity index (χ4v) is 1.29. The van der Waals surface area contributed by atoms with Crippen molar-refractivity contribution in [3.05, 3.63) is 12.2 Å². The van der Waals surface area contributed by atoms with E-state index in [2.05, 4.69) is 6.58 Å². The Hall–Kier alpha value is -0.0100. The molecule has 0 radical (unpaired) electrons. The van der Waals surface area contributed by atoms with Crippen LogP contribution in [-0.2, 0) is 4.79 Å². The van der Waals surface area contributed by atoms with Crippen molar-refractivity contribution in [3.63, 3.8) is 0 Å². The third kappa shape index (κ3) is 1.28. The van der Waals surface area contributed by atoms with Crippen LogP contribution in [0.3, 0.4) is 0 Å². The van der Waals surface area contributed by atoms with Crippen LogP contribution < -0.4 is 0 Å². The molecule has 1 atom stereocenters. The zero-order valence-electron chi connectivity index (χ0n) is 4.73. The molecule has 0 N–H and O–H groups in total. The zero-order chi connectivity index (χ0) is 7.07. The molecule has 1 rings (SSSR count). The van der Waals surface area contributed by atoms with E-state index in [-0.39, 0.29) is 5.92 Å². The Balaban J connectivity index is 2.52. The number of carbonyl (C=O) groups excluding carboxylic acids is 1. The van der Waals surface area contributed by atoms with E-state index < -0.39 is 4.33 Å². The summed E-state index contributed by atoms with van der Waals surface area (Å²) in [6.45, 7) is 3.49. The van der Waals surface area contributed by atoms with Crippen LogP contribution in [0.4, 0.5) is 0 Å². The lowest BCUT2D eigenvalue weighted by Gasteiger charge is -1.93. The largest absolute Gasteiger partial charge is 0.298 e. The van der Waals surface area contributed by atoms with Gasteiger partial charge in [0.2, 0.25) is 0 Å². The van der Waals surface area contributed by atoms with Gasteiger partial charge in [-0.2, -0.15) is 0 Å². The average Bonchev–Trinajstić information content (AvgIpc) is 2.38. The van der Waals surface area contributed by atoms with Crippen LogP contribution >= 0.6 is 23.2 Å². The van der Waals surface area contributed by atoms with E-state index in [1.165, 1.54) is 0 Å². The molecule has 1 saturated carbocycles. The molecule has 0 amide bonds. The number of alkyl halides is 2. The summed E-state index contributed by atoms with van der Waals surface area (Å²) in [7, 11) is 0. The summed E-state index contributed by atoms with van der Waals surface area (Å²) < 4.78 is -0.696. The predicted molar refractivity (Wildman–Crippen MR) is 37.7 cm³/mol. The summed E-state index contributed by atoms with van der Waals surface area (Å²) in [5.41, 5.74) is 0.500. The minimum atomic E-state index is -0.696. The van der Waals surface area contributed by atoms with Gasteiger partial charge in [-0.15, -0.1) is 23.2 Å². The van der Waals surface area contributed by atoms with Crippen LogP contribution in [0.1, 0.15) is 6.42 Å². The molecule has 0 bridgehead atoms. The molecular weight excluding hydrogens is 159 g/mol. The van der Waals surface area contributed by atoms with Crippen molar-refractivity contribution in [2.24, 2.45) is 5.92 Å². The Morgan fingerprint density at radius 2 is 2.22 bits per heavy atom. The number of allylic oxidation sites excluding steroid dienone is 1. The molecule has 0 aromatic carbocycles. The number of halogens is 2. The van der Waals surface area contributed by atoms with Crippen LogP contribution in [-0.4, -0.2) is 10.6 Å². The average molecular weight is 165 g/mol. The van der Waals surface area contributed by atoms with Crippen molar-refractivity contribution >= 4 is 29.5 Å². The lowest BCUT2D eigenvalue weighted by molar-refractivity contribution is -0.105. The first-order valence-corrected chi connectivity index (χ1v) is 3.35. The lowest BCUT2D eigenvalue weighted by Crippen LogP contribution is -1.93. The lowest BCUT2D eigenvalue weighted by atomic mass is 10.2. The molecule has 0 saturated heterocycles. The molecule has 1 nitrogen and oxygen atoms in total. The summed E-state index contributed by atoms with van der Waals surface area (Å²) in [5.74, 6) is -0.00154. The van der Waals surface area contributed by atoms with Crippen molar-refractivity contribution in [2.45, 2.75) is 10.8 Å². The maximum absolute atomic E-state index is 10.1. The molecule has 1 unspecified atom stereocenters. The monoisotopic (exact) mass is 164 g/mol. The quantitative estimate of drug-likeness (QED) is 0.347. The maximum atomic E-state index is 10.1. The van der Waals surface area contributed by atoms with Gasteiger partial charge in [0.15, 0.2) is 0 Å². The van der Waals surface area contributed by atoms with Gasteiger partial charge in [-0.1, -0.05) is 6.58 Å². The zero-order valence-corrected chi connectivity index (χ0v) is 6.24. The van der Waals surface area contributed by atoms with Crippen LogP contribution in [0.25, 0.3) is 0 Å². The Bertz CT molecular complexity index is 162. The van der Waals surface area contributed by atoms with Crippen LogP contribution in [0.2, 0.25) is 0 Å². The van der Waals surface area contributed by atoms with Crippen LogP contribution in [0, 0.1) is 5.92 Å². The van der Waals surface area contributed by atoms with Gasteiger partial charge in [-0.05, 0) is 12.0 Å².